The molecular formula is C15H22N2O4S. The van der Waals surface area contributed by atoms with Crippen molar-refractivity contribution in [2.75, 3.05) is 12.4 Å². The van der Waals surface area contributed by atoms with Crippen LogP contribution >= 0.6 is 0 Å². The number of carbonyl (C=O) groups is 1. The first-order chi connectivity index (χ1) is 10.4. The van der Waals surface area contributed by atoms with Crippen molar-refractivity contribution in [2.45, 2.75) is 50.1 Å². The summed E-state index contributed by atoms with van der Waals surface area (Å²) in [4.78, 5) is 11.4. The first kappa shape index (κ1) is 16.8. The molecule has 22 heavy (non-hydrogen) atoms. The summed E-state index contributed by atoms with van der Waals surface area (Å²) in [6, 6.07) is 6.14. The Hall–Kier alpha value is -1.60. The monoisotopic (exact) mass is 326 g/mol. The van der Waals surface area contributed by atoms with Gasteiger partial charge < -0.3 is 4.74 Å². The first-order valence-electron chi connectivity index (χ1n) is 7.35. The van der Waals surface area contributed by atoms with Crippen LogP contribution in [0.25, 0.3) is 0 Å². The van der Waals surface area contributed by atoms with Crippen LogP contribution in [0.1, 0.15) is 33.1 Å². The van der Waals surface area contributed by atoms with Gasteiger partial charge in [-0.1, -0.05) is 6.42 Å². The maximum Gasteiger partial charge on any atom is 0.411 e. The number of nitrogens with zero attached hydrogens (tertiary/aromatic N) is 1. The van der Waals surface area contributed by atoms with Gasteiger partial charge in [0.05, 0.1) is 12.0 Å². The van der Waals surface area contributed by atoms with Gasteiger partial charge in [0.2, 0.25) is 10.0 Å². The molecule has 0 bridgehead atoms. The van der Waals surface area contributed by atoms with E-state index in [1.807, 2.05) is 13.8 Å². The molecule has 0 spiro atoms. The standard InChI is InChI=1S/C15H22N2O4S/c1-11-5-4-6-12(2)17(11)22(19,20)14-9-7-13(8-10-14)16-15(18)21-3/h7-12H,4-6H2,1-3H3,(H,16,18). The minimum absolute atomic E-state index is 0.00150. The van der Waals surface area contributed by atoms with E-state index < -0.39 is 16.1 Å². The number of ether oxygens (including phenoxy) is 1. The van der Waals surface area contributed by atoms with Crippen molar-refractivity contribution in [3.63, 3.8) is 0 Å². The van der Waals surface area contributed by atoms with Crippen molar-refractivity contribution in [3.8, 4) is 0 Å². The predicted molar refractivity (Wildman–Crippen MR) is 84.3 cm³/mol. The van der Waals surface area contributed by atoms with E-state index in [2.05, 4.69) is 10.1 Å². The highest BCUT2D eigenvalue weighted by atomic mass is 32.2. The van der Waals surface area contributed by atoms with Crippen LogP contribution < -0.4 is 5.32 Å². The molecule has 0 saturated carbocycles. The van der Waals surface area contributed by atoms with Crippen LogP contribution in [-0.4, -0.2) is 38.0 Å². The van der Waals surface area contributed by atoms with Crippen LogP contribution in [0.3, 0.4) is 0 Å². The highest BCUT2D eigenvalue weighted by Gasteiger charge is 2.35. The van der Waals surface area contributed by atoms with Crippen LogP contribution in [0.5, 0.6) is 0 Å². The molecule has 1 aromatic carbocycles. The number of hydrogen-bond acceptors (Lipinski definition) is 4. The summed E-state index contributed by atoms with van der Waals surface area (Å²) in [6.45, 7) is 3.89. The third-order valence-electron chi connectivity index (χ3n) is 3.97. The average Bonchev–Trinajstić information content (AvgIpc) is 2.47. The molecular weight excluding hydrogens is 304 g/mol. The average molecular weight is 326 g/mol. The Balaban J connectivity index is 2.24. The fourth-order valence-corrected chi connectivity index (χ4v) is 4.75. The van der Waals surface area contributed by atoms with Crippen LogP contribution in [0.2, 0.25) is 0 Å². The predicted octanol–water partition coefficient (Wildman–Crippen LogP) is 2.82. The normalized spacial score (nSPS) is 23.0. The number of benzene rings is 1. The van der Waals surface area contributed by atoms with E-state index >= 15 is 0 Å². The lowest BCUT2D eigenvalue weighted by atomic mass is 10.0. The van der Waals surface area contributed by atoms with Crippen molar-refractivity contribution in [1.82, 2.24) is 4.31 Å². The van der Waals surface area contributed by atoms with Gasteiger partial charge in [-0.25, -0.2) is 13.2 Å². The number of amides is 1. The topological polar surface area (TPSA) is 75.7 Å². The zero-order valence-electron chi connectivity index (χ0n) is 13.1. The number of methoxy groups -OCH3 is 1. The van der Waals surface area contributed by atoms with Gasteiger partial charge in [-0.05, 0) is 51.0 Å². The van der Waals surface area contributed by atoms with Crippen LogP contribution in [0.15, 0.2) is 29.2 Å². The smallest absolute Gasteiger partial charge is 0.411 e. The first-order valence-corrected chi connectivity index (χ1v) is 8.79. The quantitative estimate of drug-likeness (QED) is 0.926. The molecule has 2 atom stereocenters. The number of hydrogen-bond donors (Lipinski definition) is 1. The third kappa shape index (κ3) is 3.41. The fraction of sp³-hybridized carbons (Fsp3) is 0.533. The Morgan fingerprint density at radius 2 is 1.73 bits per heavy atom. The molecule has 1 amide bonds. The lowest BCUT2D eigenvalue weighted by Gasteiger charge is -2.37. The van der Waals surface area contributed by atoms with Gasteiger partial charge in [-0.3, -0.25) is 5.32 Å². The second-order valence-electron chi connectivity index (χ2n) is 5.60. The number of rotatable bonds is 3. The number of piperidine rings is 1. The molecule has 7 heteroatoms. The summed E-state index contributed by atoms with van der Waals surface area (Å²) >= 11 is 0. The molecule has 0 aromatic heterocycles. The van der Waals surface area contributed by atoms with Gasteiger partial charge in [-0.2, -0.15) is 4.31 Å². The highest BCUT2D eigenvalue weighted by molar-refractivity contribution is 7.89. The molecule has 1 saturated heterocycles. The van der Waals surface area contributed by atoms with Crippen LogP contribution in [0, 0.1) is 0 Å². The lowest BCUT2D eigenvalue weighted by molar-refractivity contribution is 0.187. The van der Waals surface area contributed by atoms with Gasteiger partial charge in [0, 0.05) is 17.8 Å². The van der Waals surface area contributed by atoms with Crippen LogP contribution in [0.4, 0.5) is 10.5 Å². The highest BCUT2D eigenvalue weighted by Crippen LogP contribution is 2.29. The molecule has 2 rings (SSSR count). The molecule has 0 radical (unpaired) electrons. The van der Waals surface area contributed by atoms with Crippen molar-refractivity contribution in [1.29, 1.82) is 0 Å². The summed E-state index contributed by atoms with van der Waals surface area (Å²) in [5.41, 5.74) is 0.491. The number of nitrogens with one attached hydrogen (secondary N) is 1. The van der Waals surface area contributed by atoms with E-state index in [0.717, 1.165) is 19.3 Å². The largest absolute Gasteiger partial charge is 0.453 e. The summed E-state index contributed by atoms with van der Waals surface area (Å²) in [7, 11) is -2.25. The van der Waals surface area contributed by atoms with Crippen LogP contribution in [-0.2, 0) is 14.8 Å². The maximum absolute atomic E-state index is 12.8. The number of sulfonamides is 1. The maximum atomic E-state index is 12.8. The SMILES string of the molecule is COC(=O)Nc1ccc(S(=O)(=O)N2C(C)CCCC2C)cc1. The molecule has 1 aromatic rings. The lowest BCUT2D eigenvalue weighted by Crippen LogP contribution is -2.47. The van der Waals surface area contributed by atoms with E-state index in [1.165, 1.54) is 19.2 Å². The van der Waals surface area contributed by atoms with E-state index in [0.29, 0.717) is 5.69 Å². The van der Waals surface area contributed by atoms with E-state index in [9.17, 15) is 13.2 Å². The molecule has 1 heterocycles. The summed E-state index contributed by atoms with van der Waals surface area (Å²) in [6.07, 6.45) is 2.22. The Bertz CT molecular complexity index is 617. The minimum Gasteiger partial charge on any atom is -0.453 e. The minimum atomic E-state index is -3.52. The Kier molecular flexibility index (Phi) is 5.08. The summed E-state index contributed by atoms with van der Waals surface area (Å²) in [5, 5.41) is 2.50. The number of carbonyl (C=O) groups excluding carboxylic acids is 1. The van der Waals surface area contributed by atoms with Gasteiger partial charge in [0.15, 0.2) is 0 Å². The second-order valence-corrected chi connectivity index (χ2v) is 7.45. The number of anilines is 1. The Labute approximate surface area is 131 Å². The van der Waals surface area contributed by atoms with Gasteiger partial charge in [-0.15, -0.1) is 0 Å². The second kappa shape index (κ2) is 6.66. The molecule has 6 nitrogen and oxygen atoms in total. The zero-order chi connectivity index (χ0) is 16.3. The van der Waals surface area contributed by atoms with E-state index in [4.69, 9.17) is 0 Å². The Morgan fingerprint density at radius 1 is 1.18 bits per heavy atom. The zero-order valence-corrected chi connectivity index (χ0v) is 13.9. The van der Waals surface area contributed by atoms with Crippen molar-refractivity contribution in [3.05, 3.63) is 24.3 Å². The Morgan fingerprint density at radius 3 is 2.23 bits per heavy atom. The van der Waals surface area contributed by atoms with Crippen molar-refractivity contribution < 1.29 is 17.9 Å². The molecule has 1 fully saturated rings. The van der Waals surface area contributed by atoms with Gasteiger partial charge >= 0.3 is 6.09 Å². The summed E-state index contributed by atoms with van der Waals surface area (Å²) in [5.74, 6) is 0. The third-order valence-corrected chi connectivity index (χ3v) is 6.12. The van der Waals surface area contributed by atoms with E-state index in [-0.39, 0.29) is 17.0 Å². The molecule has 1 aliphatic heterocycles. The van der Waals surface area contributed by atoms with Crippen molar-refractivity contribution >= 4 is 21.8 Å². The van der Waals surface area contributed by atoms with Gasteiger partial charge in [0.25, 0.3) is 0 Å². The van der Waals surface area contributed by atoms with E-state index in [1.54, 1.807) is 16.4 Å². The molecule has 122 valence electrons. The van der Waals surface area contributed by atoms with Crippen molar-refractivity contribution in [2.24, 2.45) is 0 Å². The molecule has 1 aliphatic rings. The molecule has 0 aliphatic carbocycles. The molecule has 1 N–H and O–H groups in total. The molecule has 2 unspecified atom stereocenters. The fourth-order valence-electron chi connectivity index (χ4n) is 2.87. The van der Waals surface area contributed by atoms with Gasteiger partial charge in [0.1, 0.15) is 0 Å². The summed E-state index contributed by atoms with van der Waals surface area (Å²) < 4.78 is 31.7.